The van der Waals surface area contributed by atoms with Crippen LogP contribution in [0.2, 0.25) is 5.02 Å². The van der Waals surface area contributed by atoms with Gasteiger partial charge in [0, 0.05) is 27.2 Å². The average molecular weight is 337 g/mol. The summed E-state index contributed by atoms with van der Waals surface area (Å²) < 4.78 is 0. The second-order valence-electron chi connectivity index (χ2n) is 5.59. The predicted octanol–water partition coefficient (Wildman–Crippen LogP) is 4.16. The molecule has 0 aromatic heterocycles. The van der Waals surface area contributed by atoms with Crippen molar-refractivity contribution in [1.29, 1.82) is 0 Å². The molecule has 24 heavy (non-hydrogen) atoms. The van der Waals surface area contributed by atoms with E-state index in [2.05, 4.69) is 5.32 Å². The molecule has 0 bridgehead atoms. The van der Waals surface area contributed by atoms with E-state index in [9.17, 15) is 9.59 Å². The average Bonchev–Trinajstić information content (AvgIpc) is 2.61. The Labute approximate surface area is 143 Å². The van der Waals surface area contributed by atoms with Crippen molar-refractivity contribution in [2.75, 3.05) is 12.0 Å². The molecule has 1 heterocycles. The van der Waals surface area contributed by atoms with E-state index < -0.39 is 0 Å². The molecule has 0 aliphatic carbocycles. The predicted molar refractivity (Wildman–Crippen MR) is 94.4 cm³/mol. The van der Waals surface area contributed by atoms with E-state index in [1.807, 2.05) is 24.3 Å². The van der Waals surface area contributed by atoms with Crippen LogP contribution in [-0.4, -0.2) is 23.4 Å². The summed E-state index contributed by atoms with van der Waals surface area (Å²) in [6.45, 7) is 0.101. The van der Waals surface area contributed by atoms with Crippen LogP contribution in [0.5, 0.6) is 0 Å². The van der Waals surface area contributed by atoms with Crippen LogP contribution in [0.3, 0.4) is 0 Å². The highest BCUT2D eigenvalue weighted by molar-refractivity contribution is 6.30. The molecule has 3 aromatic carbocycles. The van der Waals surface area contributed by atoms with Gasteiger partial charge in [0.05, 0.1) is 6.67 Å². The van der Waals surface area contributed by atoms with E-state index >= 15 is 0 Å². The van der Waals surface area contributed by atoms with Crippen molar-refractivity contribution in [2.45, 2.75) is 0 Å². The van der Waals surface area contributed by atoms with Crippen LogP contribution in [0.25, 0.3) is 10.8 Å². The lowest BCUT2D eigenvalue weighted by Crippen LogP contribution is -2.43. The molecular formula is C19H13ClN2O2. The fraction of sp³-hybridized carbons (Fsp3) is 0.0526. The molecule has 1 aliphatic rings. The summed E-state index contributed by atoms with van der Waals surface area (Å²) in [6, 6.07) is 18.1. The first-order valence-electron chi connectivity index (χ1n) is 7.52. The van der Waals surface area contributed by atoms with Crippen molar-refractivity contribution in [1.82, 2.24) is 4.90 Å². The molecular weight excluding hydrogens is 324 g/mol. The number of hydrogen-bond acceptors (Lipinski definition) is 3. The van der Waals surface area contributed by atoms with Gasteiger partial charge in [0.25, 0.3) is 11.8 Å². The molecule has 0 unspecified atom stereocenters. The Kier molecular flexibility index (Phi) is 3.47. The molecule has 118 valence electrons. The van der Waals surface area contributed by atoms with Crippen LogP contribution in [0.4, 0.5) is 5.69 Å². The number of halogens is 1. The first kappa shape index (κ1) is 14.7. The van der Waals surface area contributed by atoms with Gasteiger partial charge in [-0.05, 0) is 41.8 Å². The number of imide groups is 1. The standard InChI is InChI=1S/C19H13ClN2O2/c20-13-7-9-14(10-8-13)21-11-22-18(23)15-5-1-3-12-4-2-6-16(17(12)15)19(22)24/h1-10,21H,11H2. The molecule has 3 aromatic rings. The molecule has 2 amide bonds. The summed E-state index contributed by atoms with van der Waals surface area (Å²) >= 11 is 5.86. The van der Waals surface area contributed by atoms with Gasteiger partial charge in [-0.25, -0.2) is 0 Å². The summed E-state index contributed by atoms with van der Waals surface area (Å²) in [5.74, 6) is -0.573. The highest BCUT2D eigenvalue weighted by atomic mass is 35.5. The lowest BCUT2D eigenvalue weighted by Gasteiger charge is -2.27. The third-order valence-electron chi connectivity index (χ3n) is 4.14. The molecule has 0 spiro atoms. The van der Waals surface area contributed by atoms with Gasteiger partial charge >= 0.3 is 0 Å². The van der Waals surface area contributed by atoms with Gasteiger partial charge in [-0.3, -0.25) is 14.5 Å². The second kappa shape index (κ2) is 5.65. The summed E-state index contributed by atoms with van der Waals surface area (Å²) in [5, 5.41) is 5.36. The molecule has 0 atom stereocenters. The number of nitrogens with zero attached hydrogens (tertiary/aromatic N) is 1. The lowest BCUT2D eigenvalue weighted by atomic mass is 9.94. The number of hydrogen-bond donors (Lipinski definition) is 1. The maximum atomic E-state index is 12.7. The quantitative estimate of drug-likeness (QED) is 0.731. The van der Waals surface area contributed by atoms with E-state index in [1.165, 1.54) is 4.90 Å². The van der Waals surface area contributed by atoms with Crippen molar-refractivity contribution in [3.63, 3.8) is 0 Å². The molecule has 0 radical (unpaired) electrons. The Morgan fingerprint density at radius 1 is 0.833 bits per heavy atom. The third kappa shape index (κ3) is 2.32. The Hall–Kier alpha value is -2.85. The van der Waals surface area contributed by atoms with Crippen molar-refractivity contribution in [3.05, 3.63) is 76.8 Å². The minimum Gasteiger partial charge on any atom is -0.367 e. The van der Waals surface area contributed by atoms with Crippen LogP contribution in [-0.2, 0) is 0 Å². The third-order valence-corrected chi connectivity index (χ3v) is 4.39. The molecule has 4 rings (SSSR count). The number of benzene rings is 3. The maximum Gasteiger partial charge on any atom is 0.262 e. The van der Waals surface area contributed by atoms with Crippen molar-refractivity contribution in [2.24, 2.45) is 0 Å². The zero-order valence-electron chi connectivity index (χ0n) is 12.6. The summed E-state index contributed by atoms with van der Waals surface area (Å²) in [7, 11) is 0. The van der Waals surface area contributed by atoms with Crippen LogP contribution < -0.4 is 5.32 Å². The molecule has 1 aliphatic heterocycles. The van der Waals surface area contributed by atoms with E-state index in [0.717, 1.165) is 16.5 Å². The van der Waals surface area contributed by atoms with Crippen LogP contribution >= 0.6 is 11.6 Å². The monoisotopic (exact) mass is 336 g/mol. The van der Waals surface area contributed by atoms with E-state index in [-0.39, 0.29) is 18.5 Å². The Balaban J connectivity index is 1.68. The maximum absolute atomic E-state index is 12.7. The van der Waals surface area contributed by atoms with Gasteiger partial charge in [-0.2, -0.15) is 0 Å². The van der Waals surface area contributed by atoms with Crippen LogP contribution in [0.15, 0.2) is 60.7 Å². The van der Waals surface area contributed by atoms with Gasteiger partial charge in [0.1, 0.15) is 0 Å². The minimum absolute atomic E-state index is 0.101. The van der Waals surface area contributed by atoms with Crippen molar-refractivity contribution >= 4 is 39.9 Å². The molecule has 0 fully saturated rings. The molecule has 4 nitrogen and oxygen atoms in total. The number of carbonyl (C=O) groups is 2. The minimum atomic E-state index is -0.286. The van der Waals surface area contributed by atoms with Crippen LogP contribution in [0, 0.1) is 0 Å². The van der Waals surface area contributed by atoms with E-state index in [1.54, 1.807) is 36.4 Å². The first-order chi connectivity index (χ1) is 11.6. The zero-order chi connectivity index (χ0) is 16.7. The Morgan fingerprint density at radius 3 is 2.00 bits per heavy atom. The van der Waals surface area contributed by atoms with Gasteiger partial charge in [-0.15, -0.1) is 0 Å². The number of nitrogens with one attached hydrogen (secondary N) is 1. The van der Waals surface area contributed by atoms with Crippen molar-refractivity contribution in [3.8, 4) is 0 Å². The summed E-state index contributed by atoms with van der Waals surface area (Å²) in [6.07, 6.45) is 0. The van der Waals surface area contributed by atoms with Gasteiger partial charge < -0.3 is 5.32 Å². The van der Waals surface area contributed by atoms with Gasteiger partial charge in [-0.1, -0.05) is 35.9 Å². The number of rotatable bonds is 3. The summed E-state index contributed by atoms with van der Waals surface area (Å²) in [5.41, 5.74) is 1.90. The fourth-order valence-corrected chi connectivity index (χ4v) is 3.09. The zero-order valence-corrected chi connectivity index (χ0v) is 13.4. The van der Waals surface area contributed by atoms with Crippen LogP contribution in [0.1, 0.15) is 20.7 Å². The number of anilines is 1. The largest absolute Gasteiger partial charge is 0.367 e. The highest BCUT2D eigenvalue weighted by Crippen LogP contribution is 2.29. The molecule has 0 saturated heterocycles. The van der Waals surface area contributed by atoms with Gasteiger partial charge in [0.15, 0.2) is 0 Å². The first-order valence-corrected chi connectivity index (χ1v) is 7.90. The Bertz CT molecular complexity index is 916. The summed E-state index contributed by atoms with van der Waals surface area (Å²) in [4.78, 5) is 26.7. The molecule has 5 heteroatoms. The smallest absolute Gasteiger partial charge is 0.262 e. The molecule has 0 saturated carbocycles. The normalized spacial score (nSPS) is 13.5. The van der Waals surface area contributed by atoms with E-state index in [0.29, 0.717) is 16.1 Å². The van der Waals surface area contributed by atoms with Gasteiger partial charge in [0.2, 0.25) is 0 Å². The number of carbonyl (C=O) groups excluding carboxylic acids is 2. The second-order valence-corrected chi connectivity index (χ2v) is 6.03. The van der Waals surface area contributed by atoms with Crippen molar-refractivity contribution < 1.29 is 9.59 Å². The lowest BCUT2D eigenvalue weighted by molar-refractivity contribution is 0.0622. The Morgan fingerprint density at radius 2 is 1.42 bits per heavy atom. The number of amides is 2. The SMILES string of the molecule is O=C1c2cccc3cccc(c23)C(=O)N1CNc1ccc(Cl)cc1. The fourth-order valence-electron chi connectivity index (χ4n) is 2.96. The van der Waals surface area contributed by atoms with E-state index in [4.69, 9.17) is 11.6 Å². The topological polar surface area (TPSA) is 49.4 Å². The molecule has 1 N–H and O–H groups in total. The highest BCUT2D eigenvalue weighted by Gasteiger charge is 2.32.